The average Bonchev–Trinajstić information content (AvgIpc) is 2.49. The quantitative estimate of drug-likeness (QED) is 0.418. The Bertz CT molecular complexity index is 923. The molecule has 8 nitrogen and oxygen atoms in total. The van der Waals surface area contributed by atoms with Crippen LogP contribution in [0.4, 0.5) is 5.69 Å². The molecule has 0 fully saturated rings. The molecular formula is C13H7ClN4O4. The number of pyridine rings is 2. The first-order valence-corrected chi connectivity index (χ1v) is 6.39. The molecule has 9 heteroatoms. The zero-order chi connectivity index (χ0) is 15.7. The number of nitrogens with zero attached hydrogens (tertiary/aromatic N) is 4. The van der Waals surface area contributed by atoms with Crippen LogP contribution >= 0.6 is 11.6 Å². The molecule has 3 aromatic rings. The van der Waals surface area contributed by atoms with E-state index in [0.29, 0.717) is 0 Å². The second-order valence-electron chi connectivity index (χ2n) is 4.18. The predicted molar refractivity (Wildman–Crippen MR) is 77.4 cm³/mol. The number of rotatable bonds is 3. The lowest BCUT2D eigenvalue weighted by molar-refractivity contribution is -0.387. The van der Waals surface area contributed by atoms with E-state index in [0.717, 1.165) is 4.40 Å². The van der Waals surface area contributed by atoms with Crippen molar-refractivity contribution in [1.29, 1.82) is 0 Å². The molecule has 0 unspecified atom stereocenters. The molecule has 0 atom stereocenters. The van der Waals surface area contributed by atoms with Crippen LogP contribution in [-0.4, -0.2) is 19.3 Å². The molecule has 0 bridgehead atoms. The van der Waals surface area contributed by atoms with Crippen LogP contribution in [0.3, 0.4) is 0 Å². The molecule has 0 aliphatic heterocycles. The Balaban J connectivity index is 2.19. The molecule has 110 valence electrons. The van der Waals surface area contributed by atoms with Crippen molar-refractivity contribution < 1.29 is 9.66 Å². The van der Waals surface area contributed by atoms with Crippen molar-refractivity contribution in [2.75, 3.05) is 0 Å². The standard InChI is InChI=1S/C13H7ClN4O4/c14-9-5-4-8(7-15-9)22-12-11(18(20)21)13(19)17-6-2-1-3-10(17)16-12/h1-7H. The van der Waals surface area contributed by atoms with Gasteiger partial charge in [-0.15, -0.1) is 0 Å². The van der Waals surface area contributed by atoms with Crippen molar-refractivity contribution in [3.8, 4) is 11.6 Å². The summed E-state index contributed by atoms with van der Waals surface area (Å²) in [5.74, 6) is -0.218. The van der Waals surface area contributed by atoms with Gasteiger partial charge in [0, 0.05) is 6.20 Å². The van der Waals surface area contributed by atoms with Gasteiger partial charge in [0.2, 0.25) is 0 Å². The maximum Gasteiger partial charge on any atom is 0.396 e. The number of hydrogen-bond donors (Lipinski definition) is 0. The highest BCUT2D eigenvalue weighted by atomic mass is 35.5. The van der Waals surface area contributed by atoms with Crippen LogP contribution in [-0.2, 0) is 0 Å². The predicted octanol–water partition coefficient (Wildman–Crippen LogP) is 2.44. The number of aromatic nitrogens is 3. The molecule has 0 saturated carbocycles. The second-order valence-corrected chi connectivity index (χ2v) is 4.56. The highest BCUT2D eigenvalue weighted by Gasteiger charge is 2.25. The molecule has 0 spiro atoms. The zero-order valence-corrected chi connectivity index (χ0v) is 11.6. The minimum Gasteiger partial charge on any atom is -0.432 e. The van der Waals surface area contributed by atoms with E-state index in [1.165, 1.54) is 30.6 Å². The van der Waals surface area contributed by atoms with E-state index in [2.05, 4.69) is 9.97 Å². The fourth-order valence-electron chi connectivity index (χ4n) is 1.82. The normalized spacial score (nSPS) is 10.6. The Kier molecular flexibility index (Phi) is 3.43. The van der Waals surface area contributed by atoms with Crippen LogP contribution in [0.25, 0.3) is 5.65 Å². The van der Waals surface area contributed by atoms with E-state index in [1.807, 2.05) is 0 Å². The molecule has 3 heterocycles. The van der Waals surface area contributed by atoms with Gasteiger partial charge in [0.05, 0.1) is 11.1 Å². The first-order valence-electron chi connectivity index (χ1n) is 6.01. The van der Waals surface area contributed by atoms with E-state index in [4.69, 9.17) is 16.3 Å². The van der Waals surface area contributed by atoms with E-state index in [-0.39, 0.29) is 16.5 Å². The lowest BCUT2D eigenvalue weighted by atomic mass is 10.4. The van der Waals surface area contributed by atoms with Gasteiger partial charge in [-0.1, -0.05) is 17.7 Å². The van der Waals surface area contributed by atoms with Gasteiger partial charge in [-0.2, -0.15) is 4.98 Å². The monoisotopic (exact) mass is 318 g/mol. The third-order valence-electron chi connectivity index (χ3n) is 2.78. The summed E-state index contributed by atoms with van der Waals surface area (Å²) in [5, 5.41) is 11.4. The van der Waals surface area contributed by atoms with Gasteiger partial charge >= 0.3 is 17.1 Å². The Morgan fingerprint density at radius 3 is 2.77 bits per heavy atom. The molecular weight excluding hydrogens is 312 g/mol. The van der Waals surface area contributed by atoms with Crippen molar-refractivity contribution >= 4 is 22.9 Å². The van der Waals surface area contributed by atoms with E-state index < -0.39 is 22.0 Å². The van der Waals surface area contributed by atoms with E-state index in [9.17, 15) is 14.9 Å². The summed E-state index contributed by atoms with van der Waals surface area (Å²) in [6, 6.07) is 7.69. The van der Waals surface area contributed by atoms with Crippen LogP contribution in [0.5, 0.6) is 11.6 Å². The van der Waals surface area contributed by atoms with Gasteiger partial charge in [0.1, 0.15) is 16.5 Å². The van der Waals surface area contributed by atoms with Crippen molar-refractivity contribution in [2.45, 2.75) is 0 Å². The van der Waals surface area contributed by atoms with Crippen LogP contribution in [0, 0.1) is 10.1 Å². The smallest absolute Gasteiger partial charge is 0.396 e. The number of hydrogen-bond acceptors (Lipinski definition) is 6. The highest BCUT2D eigenvalue weighted by molar-refractivity contribution is 6.29. The summed E-state index contributed by atoms with van der Waals surface area (Å²) in [6.07, 6.45) is 2.67. The average molecular weight is 319 g/mol. The van der Waals surface area contributed by atoms with Gasteiger partial charge < -0.3 is 4.74 Å². The lowest BCUT2D eigenvalue weighted by Gasteiger charge is -2.06. The van der Waals surface area contributed by atoms with Gasteiger partial charge in [-0.05, 0) is 24.3 Å². The highest BCUT2D eigenvalue weighted by Crippen LogP contribution is 2.26. The van der Waals surface area contributed by atoms with Gasteiger partial charge in [0.25, 0.3) is 0 Å². The molecule has 0 aromatic carbocycles. The van der Waals surface area contributed by atoms with Crippen LogP contribution in [0.15, 0.2) is 47.5 Å². The number of halogens is 1. The minimum atomic E-state index is -0.826. The van der Waals surface area contributed by atoms with Crippen LogP contribution < -0.4 is 10.3 Å². The summed E-state index contributed by atoms with van der Waals surface area (Å²) in [7, 11) is 0. The fourth-order valence-corrected chi connectivity index (χ4v) is 1.93. The molecule has 0 aliphatic rings. The third-order valence-corrected chi connectivity index (χ3v) is 3.00. The Morgan fingerprint density at radius 2 is 2.09 bits per heavy atom. The lowest BCUT2D eigenvalue weighted by Crippen LogP contribution is -2.19. The van der Waals surface area contributed by atoms with Gasteiger partial charge in [-0.3, -0.25) is 19.3 Å². The number of fused-ring (bicyclic) bond motifs is 1. The molecule has 0 N–H and O–H groups in total. The second kappa shape index (κ2) is 5.41. The van der Waals surface area contributed by atoms with Gasteiger partial charge in [-0.25, -0.2) is 4.98 Å². The minimum absolute atomic E-state index is 0.180. The molecule has 0 saturated heterocycles. The maximum atomic E-state index is 12.2. The summed E-state index contributed by atoms with van der Waals surface area (Å²) in [4.78, 5) is 30.3. The number of nitro groups is 1. The summed E-state index contributed by atoms with van der Waals surface area (Å²) < 4.78 is 6.40. The fraction of sp³-hybridized carbons (Fsp3) is 0. The summed E-state index contributed by atoms with van der Waals surface area (Å²) in [5.41, 5.74) is -1.35. The van der Waals surface area contributed by atoms with Gasteiger partial charge in [0.15, 0.2) is 0 Å². The Morgan fingerprint density at radius 1 is 1.27 bits per heavy atom. The first-order chi connectivity index (χ1) is 10.6. The van der Waals surface area contributed by atoms with Crippen molar-refractivity contribution in [2.24, 2.45) is 0 Å². The first kappa shape index (κ1) is 14.0. The Labute approximate surface area is 127 Å². The van der Waals surface area contributed by atoms with Crippen molar-refractivity contribution in [3.63, 3.8) is 0 Å². The van der Waals surface area contributed by atoms with Crippen LogP contribution in [0.1, 0.15) is 0 Å². The van der Waals surface area contributed by atoms with E-state index >= 15 is 0 Å². The molecule has 0 amide bonds. The summed E-state index contributed by atoms with van der Waals surface area (Å²) >= 11 is 5.66. The van der Waals surface area contributed by atoms with Crippen LogP contribution in [0.2, 0.25) is 5.15 Å². The molecule has 0 radical (unpaired) electrons. The SMILES string of the molecule is O=c1c([N+](=O)[O-])c(Oc2ccc(Cl)nc2)nc2ccccn12. The molecule has 3 aromatic heterocycles. The molecule has 0 aliphatic carbocycles. The third kappa shape index (κ3) is 2.47. The zero-order valence-electron chi connectivity index (χ0n) is 10.8. The van der Waals surface area contributed by atoms with Crippen molar-refractivity contribution in [3.05, 3.63) is 68.3 Å². The molecule has 3 rings (SSSR count). The molecule has 22 heavy (non-hydrogen) atoms. The largest absolute Gasteiger partial charge is 0.432 e. The van der Waals surface area contributed by atoms with Crippen molar-refractivity contribution in [1.82, 2.24) is 14.4 Å². The summed E-state index contributed by atoms with van der Waals surface area (Å²) in [6.45, 7) is 0. The topological polar surface area (TPSA) is 99.6 Å². The van der Waals surface area contributed by atoms with E-state index in [1.54, 1.807) is 12.1 Å². The Hall–Kier alpha value is -3.00. The maximum absolute atomic E-state index is 12.2. The number of ether oxygens (including phenoxy) is 1.